The van der Waals surface area contributed by atoms with Crippen molar-refractivity contribution < 1.29 is 19.1 Å². The number of likely N-dealkylation sites (N-methyl/N-ethyl adjacent to an activating group) is 1. The van der Waals surface area contributed by atoms with Gasteiger partial charge in [0.05, 0.1) is 26.2 Å². The Labute approximate surface area is 207 Å². The summed E-state index contributed by atoms with van der Waals surface area (Å²) in [5.74, 6) is 0.871. The van der Waals surface area contributed by atoms with Crippen molar-refractivity contribution in [3.8, 4) is 11.5 Å². The smallest absolute Gasteiger partial charge is 0.254 e. The number of pyridine rings is 1. The number of nitrogens with one attached hydrogen (secondary N) is 1. The molecule has 1 aromatic carbocycles. The molecular weight excluding hydrogens is 444 g/mol. The van der Waals surface area contributed by atoms with Crippen LogP contribution in [0.15, 0.2) is 36.7 Å². The van der Waals surface area contributed by atoms with E-state index >= 15 is 0 Å². The molecule has 0 radical (unpaired) electrons. The monoisotopic (exact) mass is 480 g/mol. The Morgan fingerprint density at radius 1 is 1.17 bits per heavy atom. The van der Waals surface area contributed by atoms with E-state index < -0.39 is 12.0 Å². The number of methoxy groups -OCH3 is 2. The van der Waals surface area contributed by atoms with E-state index in [0.29, 0.717) is 29.2 Å². The van der Waals surface area contributed by atoms with E-state index in [-0.39, 0.29) is 11.8 Å². The molecule has 4 rings (SSSR count). The highest BCUT2D eigenvalue weighted by Crippen LogP contribution is 2.45. The third-order valence-corrected chi connectivity index (χ3v) is 7.31. The summed E-state index contributed by atoms with van der Waals surface area (Å²) in [4.78, 5) is 35.4. The van der Waals surface area contributed by atoms with Gasteiger partial charge < -0.3 is 24.6 Å². The van der Waals surface area contributed by atoms with Gasteiger partial charge in [0.1, 0.15) is 0 Å². The van der Waals surface area contributed by atoms with Crippen LogP contribution in [0.4, 0.5) is 0 Å². The van der Waals surface area contributed by atoms with Gasteiger partial charge in [-0.1, -0.05) is 13.0 Å². The van der Waals surface area contributed by atoms with Crippen molar-refractivity contribution in [1.29, 1.82) is 0 Å². The first-order valence-electron chi connectivity index (χ1n) is 12.4. The van der Waals surface area contributed by atoms with Crippen LogP contribution in [-0.2, 0) is 4.79 Å². The van der Waals surface area contributed by atoms with Gasteiger partial charge in [0.15, 0.2) is 11.5 Å². The van der Waals surface area contributed by atoms with Crippen molar-refractivity contribution in [3.05, 3.63) is 53.3 Å². The fourth-order valence-electron chi connectivity index (χ4n) is 5.21. The number of fused-ring (bicyclic) bond motifs is 1. The van der Waals surface area contributed by atoms with Gasteiger partial charge in [-0.3, -0.25) is 14.6 Å². The molecule has 2 atom stereocenters. The van der Waals surface area contributed by atoms with Crippen LogP contribution in [0.3, 0.4) is 0 Å². The van der Waals surface area contributed by atoms with Crippen LogP contribution >= 0.6 is 0 Å². The van der Waals surface area contributed by atoms with Crippen molar-refractivity contribution in [2.45, 2.75) is 38.1 Å². The van der Waals surface area contributed by atoms with Crippen LogP contribution in [0, 0.1) is 5.92 Å². The topological polar surface area (TPSA) is 84.0 Å². The number of amides is 2. The van der Waals surface area contributed by atoms with Gasteiger partial charge in [-0.05, 0) is 74.1 Å². The number of piperidine rings is 1. The van der Waals surface area contributed by atoms with E-state index in [1.165, 1.54) is 20.0 Å². The predicted molar refractivity (Wildman–Crippen MR) is 134 cm³/mol. The lowest BCUT2D eigenvalue weighted by molar-refractivity contribution is -0.124. The molecular formula is C27H36N4O4. The lowest BCUT2D eigenvalue weighted by Crippen LogP contribution is -2.46. The first-order valence-corrected chi connectivity index (χ1v) is 12.4. The molecule has 2 aromatic rings. The molecule has 2 amide bonds. The van der Waals surface area contributed by atoms with Gasteiger partial charge in [0.2, 0.25) is 5.91 Å². The summed E-state index contributed by atoms with van der Waals surface area (Å²) in [5, 5.41) is 3.15. The number of aromatic nitrogens is 1. The minimum Gasteiger partial charge on any atom is -0.493 e. The number of hydrogen-bond donors (Lipinski definition) is 1. The Hall–Kier alpha value is -3.13. The molecule has 0 unspecified atom stereocenters. The number of ether oxygens (including phenoxy) is 2. The highest BCUT2D eigenvalue weighted by Gasteiger charge is 2.43. The molecule has 8 heteroatoms. The zero-order valence-corrected chi connectivity index (χ0v) is 21.1. The summed E-state index contributed by atoms with van der Waals surface area (Å²) in [6.07, 6.45) is 6.77. The molecule has 35 heavy (non-hydrogen) atoms. The van der Waals surface area contributed by atoms with E-state index in [9.17, 15) is 9.59 Å². The third-order valence-electron chi connectivity index (χ3n) is 7.31. The van der Waals surface area contributed by atoms with Crippen LogP contribution in [0.1, 0.15) is 59.6 Å². The Kier molecular flexibility index (Phi) is 7.90. The van der Waals surface area contributed by atoms with Gasteiger partial charge in [0.25, 0.3) is 5.91 Å². The van der Waals surface area contributed by atoms with Crippen LogP contribution < -0.4 is 14.8 Å². The molecule has 188 valence electrons. The summed E-state index contributed by atoms with van der Waals surface area (Å²) in [6.45, 7) is 6.13. The second-order valence-corrected chi connectivity index (χ2v) is 9.59. The summed E-state index contributed by atoms with van der Waals surface area (Å²) in [6, 6.07) is 6.69. The van der Waals surface area contributed by atoms with Crippen molar-refractivity contribution in [1.82, 2.24) is 20.1 Å². The van der Waals surface area contributed by atoms with E-state index in [1.54, 1.807) is 43.6 Å². The first kappa shape index (κ1) is 25.0. The van der Waals surface area contributed by atoms with Gasteiger partial charge in [-0.25, -0.2) is 0 Å². The minimum absolute atomic E-state index is 0.112. The minimum atomic E-state index is -0.604. The number of nitrogens with zero attached hydrogens (tertiary/aromatic N) is 3. The molecule has 8 nitrogen and oxygen atoms in total. The van der Waals surface area contributed by atoms with Crippen molar-refractivity contribution in [2.75, 3.05) is 47.4 Å². The molecule has 0 saturated carbocycles. The molecule has 1 N–H and O–H groups in total. The van der Waals surface area contributed by atoms with E-state index in [0.717, 1.165) is 37.5 Å². The average molecular weight is 481 g/mol. The zero-order valence-electron chi connectivity index (χ0n) is 21.1. The maximum absolute atomic E-state index is 13.7. The Morgan fingerprint density at radius 2 is 1.89 bits per heavy atom. The first-order chi connectivity index (χ1) is 16.9. The number of carbonyl (C=O) groups excluding carboxylic acids is 2. The summed E-state index contributed by atoms with van der Waals surface area (Å²) < 4.78 is 10.9. The van der Waals surface area contributed by atoms with E-state index in [2.05, 4.69) is 22.1 Å². The fraction of sp³-hybridized carbons (Fsp3) is 0.519. The largest absolute Gasteiger partial charge is 0.493 e. The summed E-state index contributed by atoms with van der Waals surface area (Å²) in [5.41, 5.74) is 1.90. The number of rotatable bonds is 8. The summed E-state index contributed by atoms with van der Waals surface area (Å²) in [7, 11) is 4.82. The van der Waals surface area contributed by atoms with E-state index in [4.69, 9.17) is 9.47 Å². The van der Waals surface area contributed by atoms with Gasteiger partial charge in [0, 0.05) is 31.5 Å². The number of carbonyl (C=O) groups is 2. The molecule has 1 fully saturated rings. The normalized spacial score (nSPS) is 20.9. The van der Waals surface area contributed by atoms with Crippen LogP contribution in [0.2, 0.25) is 0 Å². The van der Waals surface area contributed by atoms with Crippen molar-refractivity contribution in [2.24, 2.45) is 5.92 Å². The highest BCUT2D eigenvalue weighted by molar-refractivity contribution is 6.02. The number of likely N-dealkylation sites (tertiary alicyclic amines) is 1. The Balaban J connectivity index is 1.59. The maximum atomic E-state index is 13.7. The van der Waals surface area contributed by atoms with Crippen LogP contribution in [-0.4, -0.2) is 74.0 Å². The molecule has 0 aliphatic carbocycles. The third kappa shape index (κ3) is 5.27. The second kappa shape index (κ2) is 11.1. The fourth-order valence-corrected chi connectivity index (χ4v) is 5.21. The Bertz CT molecular complexity index is 1040. The molecule has 1 aromatic heterocycles. The highest BCUT2D eigenvalue weighted by atomic mass is 16.5. The SMILES string of the molecule is COc1cc2c(cc1OC)[C@H](C(=O)NCCCN1CCC(C)CC1)[C@@H](c1cccnc1)N(C)C2=O. The zero-order chi connectivity index (χ0) is 24.9. The summed E-state index contributed by atoms with van der Waals surface area (Å²) >= 11 is 0. The molecule has 2 aliphatic heterocycles. The molecule has 1 saturated heterocycles. The molecule has 2 aliphatic rings. The van der Waals surface area contributed by atoms with Crippen molar-refractivity contribution >= 4 is 11.8 Å². The predicted octanol–water partition coefficient (Wildman–Crippen LogP) is 3.25. The van der Waals surface area contributed by atoms with Crippen LogP contribution in [0.25, 0.3) is 0 Å². The average Bonchev–Trinajstić information content (AvgIpc) is 2.89. The van der Waals surface area contributed by atoms with Gasteiger partial charge in [-0.15, -0.1) is 0 Å². The van der Waals surface area contributed by atoms with Crippen LogP contribution in [0.5, 0.6) is 11.5 Å². The number of hydrogen-bond acceptors (Lipinski definition) is 6. The molecule has 0 bridgehead atoms. The standard InChI is InChI=1S/C27H36N4O4/c1-18-8-13-31(14-9-18)12-6-11-29-26(32)24-20-15-22(34-3)23(35-4)16-21(20)27(33)30(2)25(24)19-7-5-10-28-17-19/h5,7,10,15-18,24-25H,6,8-9,11-14H2,1-4H3,(H,29,32)/t24-,25+/m0/s1. The van der Waals surface area contributed by atoms with Gasteiger partial charge in [-0.2, -0.15) is 0 Å². The lowest BCUT2D eigenvalue weighted by atomic mass is 9.79. The quantitative estimate of drug-likeness (QED) is 0.584. The molecule has 3 heterocycles. The molecule has 0 spiro atoms. The lowest BCUT2D eigenvalue weighted by Gasteiger charge is -2.40. The van der Waals surface area contributed by atoms with Gasteiger partial charge >= 0.3 is 0 Å². The maximum Gasteiger partial charge on any atom is 0.254 e. The second-order valence-electron chi connectivity index (χ2n) is 9.59. The number of benzene rings is 1. The van der Waals surface area contributed by atoms with E-state index in [1.807, 2.05) is 12.1 Å². The Morgan fingerprint density at radius 3 is 2.54 bits per heavy atom. The van der Waals surface area contributed by atoms with Crippen molar-refractivity contribution in [3.63, 3.8) is 0 Å².